The van der Waals surface area contributed by atoms with Crippen LogP contribution in [-0.2, 0) is 9.53 Å². The molecule has 1 N–H and O–H groups in total. The van der Waals surface area contributed by atoms with Crippen LogP contribution in [0.5, 0.6) is 0 Å². The number of ether oxygens (including phenoxy) is 1. The minimum Gasteiger partial charge on any atom is -0.379 e. The lowest BCUT2D eigenvalue weighted by atomic mass is 9.95. The Morgan fingerprint density at radius 2 is 2.11 bits per heavy atom. The number of carbonyl (C=O) groups is 1. The lowest BCUT2D eigenvalue weighted by molar-refractivity contribution is -0.138. The predicted octanol–water partition coefficient (Wildman–Crippen LogP) is 1.40. The molecule has 0 bridgehead atoms. The maximum atomic E-state index is 12.5. The van der Waals surface area contributed by atoms with Gasteiger partial charge in [0.1, 0.15) is 0 Å². The highest BCUT2D eigenvalue weighted by molar-refractivity contribution is 5.82. The van der Waals surface area contributed by atoms with E-state index in [1.165, 1.54) is 19.3 Å². The Morgan fingerprint density at radius 3 is 2.89 bits per heavy atom. The monoisotopic (exact) mass is 254 g/mol. The average Bonchev–Trinajstić information content (AvgIpc) is 2.67. The number of amides is 1. The molecule has 0 radical (unpaired) electrons. The lowest BCUT2D eigenvalue weighted by Gasteiger charge is -2.37. The van der Waals surface area contributed by atoms with Crippen molar-refractivity contribution in [3.8, 4) is 0 Å². The van der Waals surface area contributed by atoms with Gasteiger partial charge in [-0.3, -0.25) is 4.79 Å². The molecule has 4 nitrogen and oxygen atoms in total. The van der Waals surface area contributed by atoms with E-state index in [9.17, 15) is 4.79 Å². The Balaban J connectivity index is 1.91. The number of carbonyl (C=O) groups excluding carboxylic acids is 1. The highest BCUT2D eigenvalue weighted by Gasteiger charge is 2.32. The third-order valence-electron chi connectivity index (χ3n) is 4.36. The van der Waals surface area contributed by atoms with Crippen LogP contribution in [0.1, 0.15) is 39.0 Å². The van der Waals surface area contributed by atoms with Crippen molar-refractivity contribution in [3.63, 3.8) is 0 Å². The van der Waals surface area contributed by atoms with Crippen molar-refractivity contribution in [1.29, 1.82) is 0 Å². The molecule has 2 heterocycles. The first-order valence-electron chi connectivity index (χ1n) is 7.27. The zero-order valence-electron chi connectivity index (χ0n) is 11.7. The molecular weight excluding hydrogens is 228 g/mol. The zero-order valence-corrected chi connectivity index (χ0v) is 11.7. The molecule has 2 fully saturated rings. The number of likely N-dealkylation sites (tertiary alicyclic amines) is 1. The van der Waals surface area contributed by atoms with Crippen molar-refractivity contribution >= 4 is 5.91 Å². The van der Waals surface area contributed by atoms with Crippen molar-refractivity contribution in [3.05, 3.63) is 0 Å². The molecule has 1 amide bonds. The predicted molar refractivity (Wildman–Crippen MR) is 71.4 cm³/mol. The second kappa shape index (κ2) is 6.53. The van der Waals surface area contributed by atoms with Crippen molar-refractivity contribution in [2.45, 2.75) is 51.2 Å². The van der Waals surface area contributed by atoms with Crippen LogP contribution in [0.3, 0.4) is 0 Å². The molecule has 0 saturated carbocycles. The molecule has 0 aromatic heterocycles. The number of hydrogen-bond acceptors (Lipinski definition) is 3. The number of rotatable bonds is 2. The third kappa shape index (κ3) is 3.23. The summed E-state index contributed by atoms with van der Waals surface area (Å²) in [5.41, 5.74) is 0. The van der Waals surface area contributed by atoms with E-state index in [2.05, 4.69) is 12.2 Å². The van der Waals surface area contributed by atoms with Gasteiger partial charge < -0.3 is 15.0 Å². The highest BCUT2D eigenvalue weighted by Crippen LogP contribution is 2.21. The van der Waals surface area contributed by atoms with Crippen LogP contribution < -0.4 is 5.32 Å². The summed E-state index contributed by atoms with van der Waals surface area (Å²) in [6.45, 7) is 4.83. The molecule has 0 aromatic rings. The molecular formula is C14H26N2O2. The van der Waals surface area contributed by atoms with Crippen LogP contribution in [0.15, 0.2) is 0 Å². The van der Waals surface area contributed by atoms with E-state index in [0.29, 0.717) is 5.92 Å². The maximum absolute atomic E-state index is 12.5. The normalized spacial score (nSPS) is 34.1. The van der Waals surface area contributed by atoms with Crippen molar-refractivity contribution in [2.75, 3.05) is 26.7 Å². The van der Waals surface area contributed by atoms with Crippen molar-refractivity contribution in [2.24, 2.45) is 5.92 Å². The Bertz CT molecular complexity index is 275. The number of nitrogens with one attached hydrogen (secondary N) is 1. The molecule has 0 spiro atoms. The van der Waals surface area contributed by atoms with E-state index in [1.54, 1.807) is 7.11 Å². The van der Waals surface area contributed by atoms with E-state index >= 15 is 0 Å². The van der Waals surface area contributed by atoms with Gasteiger partial charge in [0.25, 0.3) is 0 Å². The third-order valence-corrected chi connectivity index (χ3v) is 4.36. The largest absolute Gasteiger partial charge is 0.379 e. The Hall–Kier alpha value is -0.610. The first kappa shape index (κ1) is 13.8. The maximum Gasteiger partial charge on any atom is 0.239 e. The highest BCUT2D eigenvalue weighted by atomic mass is 16.5. The van der Waals surface area contributed by atoms with Gasteiger partial charge in [-0.15, -0.1) is 0 Å². The van der Waals surface area contributed by atoms with Crippen LogP contribution >= 0.6 is 0 Å². The average molecular weight is 254 g/mol. The molecule has 104 valence electrons. The van der Waals surface area contributed by atoms with Crippen LogP contribution in [-0.4, -0.2) is 49.7 Å². The summed E-state index contributed by atoms with van der Waals surface area (Å²) in [7, 11) is 1.75. The summed E-state index contributed by atoms with van der Waals surface area (Å²) in [5.74, 6) is 0.840. The molecule has 18 heavy (non-hydrogen) atoms. The molecule has 0 aliphatic carbocycles. The second-order valence-corrected chi connectivity index (χ2v) is 5.68. The minimum atomic E-state index is 0.0402. The van der Waals surface area contributed by atoms with Crippen molar-refractivity contribution in [1.82, 2.24) is 10.2 Å². The lowest BCUT2D eigenvalue weighted by Crippen LogP contribution is -2.52. The summed E-state index contributed by atoms with van der Waals surface area (Å²) in [4.78, 5) is 14.5. The van der Waals surface area contributed by atoms with Gasteiger partial charge >= 0.3 is 0 Å². The van der Waals surface area contributed by atoms with E-state index < -0.39 is 0 Å². The van der Waals surface area contributed by atoms with Crippen LogP contribution in [0.2, 0.25) is 0 Å². The van der Waals surface area contributed by atoms with E-state index in [1.807, 2.05) is 4.90 Å². The molecule has 0 aromatic carbocycles. The number of piperidine rings is 1. The molecule has 2 aliphatic heterocycles. The Kier molecular flexibility index (Phi) is 5.01. The first-order valence-corrected chi connectivity index (χ1v) is 7.27. The quantitative estimate of drug-likeness (QED) is 0.810. The van der Waals surface area contributed by atoms with Gasteiger partial charge in [-0.25, -0.2) is 0 Å². The number of nitrogens with zero attached hydrogens (tertiary/aromatic N) is 1. The van der Waals surface area contributed by atoms with Gasteiger partial charge in [0.15, 0.2) is 0 Å². The molecule has 4 heteroatoms. The van der Waals surface area contributed by atoms with Crippen molar-refractivity contribution < 1.29 is 9.53 Å². The molecule has 2 saturated heterocycles. The topological polar surface area (TPSA) is 41.6 Å². The molecule has 3 atom stereocenters. The van der Waals surface area contributed by atoms with Crippen LogP contribution in [0.4, 0.5) is 0 Å². The fourth-order valence-corrected chi connectivity index (χ4v) is 3.00. The van der Waals surface area contributed by atoms with Gasteiger partial charge in [-0.05, 0) is 31.7 Å². The SMILES string of the molecule is COC1CN(C(=O)C2CCCCCN2)CCC1C. The smallest absolute Gasteiger partial charge is 0.239 e. The Labute approximate surface area is 110 Å². The minimum absolute atomic E-state index is 0.0402. The van der Waals surface area contributed by atoms with Gasteiger partial charge in [0, 0.05) is 20.2 Å². The summed E-state index contributed by atoms with van der Waals surface area (Å²) in [5, 5.41) is 3.39. The van der Waals surface area contributed by atoms with E-state index in [0.717, 1.165) is 32.5 Å². The summed E-state index contributed by atoms with van der Waals surface area (Å²) in [6, 6.07) is 0.0402. The van der Waals surface area contributed by atoms with Gasteiger partial charge in [-0.2, -0.15) is 0 Å². The van der Waals surface area contributed by atoms with Crippen LogP contribution in [0, 0.1) is 5.92 Å². The Morgan fingerprint density at radius 1 is 1.28 bits per heavy atom. The second-order valence-electron chi connectivity index (χ2n) is 5.68. The molecule has 2 rings (SSSR count). The van der Waals surface area contributed by atoms with Gasteiger partial charge in [-0.1, -0.05) is 19.8 Å². The van der Waals surface area contributed by atoms with E-state index in [-0.39, 0.29) is 18.1 Å². The molecule has 3 unspecified atom stereocenters. The van der Waals surface area contributed by atoms with E-state index in [4.69, 9.17) is 4.74 Å². The summed E-state index contributed by atoms with van der Waals surface area (Å²) >= 11 is 0. The summed E-state index contributed by atoms with van der Waals surface area (Å²) < 4.78 is 5.48. The number of methoxy groups -OCH3 is 1. The summed E-state index contributed by atoms with van der Waals surface area (Å²) in [6.07, 6.45) is 5.85. The number of hydrogen-bond donors (Lipinski definition) is 1. The standard InChI is InChI=1S/C14H26N2O2/c1-11-7-9-16(10-13(11)18-2)14(17)12-6-4-3-5-8-15-12/h11-13,15H,3-10H2,1-2H3. The zero-order chi connectivity index (χ0) is 13.0. The first-order chi connectivity index (χ1) is 8.72. The fourth-order valence-electron chi connectivity index (χ4n) is 3.00. The van der Waals surface area contributed by atoms with Gasteiger partial charge in [0.2, 0.25) is 5.91 Å². The van der Waals surface area contributed by atoms with Crippen LogP contribution in [0.25, 0.3) is 0 Å². The fraction of sp³-hybridized carbons (Fsp3) is 0.929. The van der Waals surface area contributed by atoms with Gasteiger partial charge in [0.05, 0.1) is 12.1 Å². The molecule has 2 aliphatic rings.